The number of benzene rings is 2. The third-order valence-electron chi connectivity index (χ3n) is 6.16. The number of aromatic nitrogens is 2. The van der Waals surface area contributed by atoms with E-state index in [2.05, 4.69) is 59.9 Å². The Bertz CT molecular complexity index is 1420. The van der Waals surface area contributed by atoms with Gasteiger partial charge in [-0.05, 0) is 37.1 Å². The van der Waals surface area contributed by atoms with Crippen LogP contribution in [0.25, 0.3) is 11.1 Å². The summed E-state index contributed by atoms with van der Waals surface area (Å²) >= 11 is 0. The molecule has 0 saturated heterocycles. The second-order valence-corrected chi connectivity index (χ2v) is 8.50. The fourth-order valence-electron chi connectivity index (χ4n) is 4.56. The van der Waals surface area contributed by atoms with Gasteiger partial charge in [-0.1, -0.05) is 30.3 Å². The number of rotatable bonds is 3. The van der Waals surface area contributed by atoms with Crippen molar-refractivity contribution in [1.82, 2.24) is 0 Å². The van der Waals surface area contributed by atoms with E-state index in [9.17, 15) is 9.59 Å². The van der Waals surface area contributed by atoms with Crippen molar-refractivity contribution in [3.8, 4) is 11.1 Å². The first-order chi connectivity index (χ1) is 15.4. The van der Waals surface area contributed by atoms with Gasteiger partial charge in [0.1, 0.15) is 7.05 Å². The number of pyridine rings is 2. The molecule has 0 unspecified atom stereocenters. The number of hydrogen-bond donors (Lipinski definition) is 0. The quantitative estimate of drug-likeness (QED) is 0.416. The zero-order valence-corrected chi connectivity index (χ0v) is 18.4. The highest BCUT2D eigenvalue weighted by Crippen LogP contribution is 2.28. The maximum atomic E-state index is 13.0. The minimum atomic E-state index is -0.0822. The van der Waals surface area contributed by atoms with Crippen molar-refractivity contribution in [3.05, 3.63) is 118 Å². The van der Waals surface area contributed by atoms with Crippen LogP contribution in [0, 0.1) is 13.8 Å². The molecule has 2 heterocycles. The highest BCUT2D eigenvalue weighted by Gasteiger charge is 2.29. The molecule has 0 atom stereocenters. The summed E-state index contributed by atoms with van der Waals surface area (Å²) < 4.78 is 4.17. The minimum absolute atomic E-state index is 0.0821. The maximum absolute atomic E-state index is 13.0. The van der Waals surface area contributed by atoms with Gasteiger partial charge < -0.3 is 0 Å². The molecular formula is C28H24N2O2+2. The topological polar surface area (TPSA) is 41.9 Å². The Morgan fingerprint density at radius 2 is 1.25 bits per heavy atom. The number of ketones is 2. The van der Waals surface area contributed by atoms with Crippen LogP contribution in [0.3, 0.4) is 0 Å². The molecule has 32 heavy (non-hydrogen) atoms. The zero-order chi connectivity index (χ0) is 22.4. The van der Waals surface area contributed by atoms with E-state index in [0.717, 1.165) is 5.56 Å². The number of hydrogen-bond acceptors (Lipinski definition) is 2. The highest BCUT2D eigenvalue weighted by molar-refractivity contribution is 6.28. The van der Waals surface area contributed by atoms with E-state index in [1.807, 2.05) is 19.2 Å². The van der Waals surface area contributed by atoms with Crippen molar-refractivity contribution < 1.29 is 18.7 Å². The van der Waals surface area contributed by atoms with Gasteiger partial charge in [-0.25, -0.2) is 9.13 Å². The molecule has 0 amide bonds. The van der Waals surface area contributed by atoms with Gasteiger partial charge >= 0.3 is 0 Å². The lowest BCUT2D eigenvalue weighted by Crippen LogP contribution is -2.34. The van der Waals surface area contributed by atoms with E-state index >= 15 is 0 Å². The van der Waals surface area contributed by atoms with Crippen molar-refractivity contribution in [2.45, 2.75) is 20.4 Å². The average molecular weight is 421 g/mol. The van der Waals surface area contributed by atoms with E-state index in [1.165, 1.54) is 22.3 Å². The van der Waals surface area contributed by atoms with Gasteiger partial charge in [0.25, 0.3) is 0 Å². The summed E-state index contributed by atoms with van der Waals surface area (Å²) in [6.45, 7) is 4.86. The van der Waals surface area contributed by atoms with Crippen LogP contribution in [-0.2, 0) is 13.6 Å². The molecule has 0 fully saturated rings. The number of carbonyl (C=O) groups is 2. The summed E-state index contributed by atoms with van der Waals surface area (Å²) in [5.74, 6) is -0.164. The SMILES string of the molecule is Cc1c[n+](C)ccc1-c1cc[n+](Cc2ccc3c(c2)C(=O)c2ccccc2C3=O)cc1C. The third-order valence-corrected chi connectivity index (χ3v) is 6.16. The molecule has 2 aromatic carbocycles. The van der Waals surface area contributed by atoms with Gasteiger partial charge in [0, 0.05) is 51.1 Å². The summed E-state index contributed by atoms with van der Waals surface area (Å²) in [4.78, 5) is 25.8. The van der Waals surface area contributed by atoms with Crippen LogP contribution in [0.4, 0.5) is 0 Å². The lowest BCUT2D eigenvalue weighted by Gasteiger charge is -2.17. The first-order valence-corrected chi connectivity index (χ1v) is 10.7. The van der Waals surface area contributed by atoms with Gasteiger partial charge in [-0.15, -0.1) is 0 Å². The van der Waals surface area contributed by atoms with Crippen molar-refractivity contribution in [2.24, 2.45) is 7.05 Å². The van der Waals surface area contributed by atoms with Crippen LogP contribution in [0.2, 0.25) is 0 Å². The number of aryl methyl sites for hydroxylation is 3. The first-order valence-electron chi connectivity index (χ1n) is 10.7. The van der Waals surface area contributed by atoms with Crippen LogP contribution >= 0.6 is 0 Å². The molecule has 4 nitrogen and oxygen atoms in total. The maximum Gasteiger partial charge on any atom is 0.194 e. The number of nitrogens with zero attached hydrogens (tertiary/aromatic N) is 2. The predicted octanol–water partition coefficient (Wildman–Crippen LogP) is 3.91. The Morgan fingerprint density at radius 1 is 0.656 bits per heavy atom. The second-order valence-electron chi connectivity index (χ2n) is 8.50. The smallest absolute Gasteiger partial charge is 0.194 e. The van der Waals surface area contributed by atoms with Crippen LogP contribution in [0.5, 0.6) is 0 Å². The molecule has 0 N–H and O–H groups in total. The molecule has 1 aliphatic carbocycles. The Kier molecular flexibility index (Phi) is 4.78. The Balaban J connectivity index is 1.46. The Hall–Kier alpha value is -3.92. The van der Waals surface area contributed by atoms with Crippen molar-refractivity contribution in [3.63, 3.8) is 0 Å². The highest BCUT2D eigenvalue weighted by atomic mass is 16.1. The zero-order valence-electron chi connectivity index (χ0n) is 18.4. The molecule has 0 aliphatic heterocycles. The van der Waals surface area contributed by atoms with E-state index in [1.54, 1.807) is 30.3 Å². The van der Waals surface area contributed by atoms with Crippen molar-refractivity contribution >= 4 is 11.6 Å². The van der Waals surface area contributed by atoms with Gasteiger partial charge in [0.15, 0.2) is 42.9 Å². The van der Waals surface area contributed by atoms with Crippen molar-refractivity contribution in [2.75, 3.05) is 0 Å². The first kappa shape index (κ1) is 20.0. The molecule has 5 rings (SSSR count). The van der Waals surface area contributed by atoms with Gasteiger partial charge in [-0.3, -0.25) is 9.59 Å². The van der Waals surface area contributed by atoms with Crippen molar-refractivity contribution in [1.29, 1.82) is 0 Å². The van der Waals surface area contributed by atoms with Crippen LogP contribution in [0.1, 0.15) is 48.5 Å². The van der Waals surface area contributed by atoms with E-state index < -0.39 is 0 Å². The molecule has 156 valence electrons. The lowest BCUT2D eigenvalue weighted by molar-refractivity contribution is -0.688. The largest absolute Gasteiger partial charge is 0.289 e. The molecule has 0 bridgehead atoms. The molecular weight excluding hydrogens is 396 g/mol. The summed E-state index contributed by atoms with van der Waals surface area (Å²) in [7, 11) is 2.03. The van der Waals surface area contributed by atoms with Crippen LogP contribution in [-0.4, -0.2) is 11.6 Å². The van der Waals surface area contributed by atoms with E-state index in [-0.39, 0.29) is 11.6 Å². The average Bonchev–Trinajstić information content (AvgIpc) is 2.78. The molecule has 4 aromatic rings. The van der Waals surface area contributed by atoms with Gasteiger partial charge in [0.2, 0.25) is 0 Å². The molecule has 0 radical (unpaired) electrons. The van der Waals surface area contributed by atoms with Gasteiger partial charge in [-0.2, -0.15) is 0 Å². The fourth-order valence-corrected chi connectivity index (χ4v) is 4.56. The van der Waals surface area contributed by atoms with E-state index in [4.69, 9.17) is 0 Å². The summed E-state index contributed by atoms with van der Waals surface area (Å²) in [5.41, 5.74) is 7.80. The lowest BCUT2D eigenvalue weighted by atomic mass is 9.83. The van der Waals surface area contributed by atoms with Crippen LogP contribution in [0.15, 0.2) is 79.4 Å². The summed E-state index contributed by atoms with van der Waals surface area (Å²) in [5, 5.41) is 0. The number of fused-ring (bicyclic) bond motifs is 2. The monoisotopic (exact) mass is 420 g/mol. The third kappa shape index (κ3) is 3.34. The number of carbonyl (C=O) groups excluding carboxylic acids is 2. The molecule has 0 saturated carbocycles. The molecule has 0 spiro atoms. The predicted molar refractivity (Wildman–Crippen MR) is 122 cm³/mol. The second kappa shape index (κ2) is 7.65. The summed E-state index contributed by atoms with van der Waals surface area (Å²) in [6.07, 6.45) is 8.38. The van der Waals surface area contributed by atoms with Crippen LogP contribution < -0.4 is 9.13 Å². The molecule has 4 heteroatoms. The molecule has 2 aromatic heterocycles. The Morgan fingerprint density at radius 3 is 1.91 bits per heavy atom. The van der Waals surface area contributed by atoms with E-state index in [0.29, 0.717) is 28.8 Å². The minimum Gasteiger partial charge on any atom is -0.289 e. The molecule has 1 aliphatic rings. The summed E-state index contributed by atoms with van der Waals surface area (Å²) in [6, 6.07) is 16.9. The standard InChI is InChI=1S/C28H24N2O2/c1-18-15-29(3)12-10-21(18)22-11-13-30(16-19(22)2)17-20-8-9-25-26(14-20)28(32)24-7-5-4-6-23(24)27(25)31/h4-16H,17H2,1-3H3/q+2. The normalized spacial score (nSPS) is 12.5. The van der Waals surface area contributed by atoms with Gasteiger partial charge in [0.05, 0.1) is 0 Å². The Labute approximate surface area is 187 Å². The fraction of sp³-hybridized carbons (Fsp3) is 0.143.